The Balaban J connectivity index is 1.61. The summed E-state index contributed by atoms with van der Waals surface area (Å²) < 4.78 is 0. The molecule has 1 heterocycles. The summed E-state index contributed by atoms with van der Waals surface area (Å²) in [6.07, 6.45) is 6.11. The fraction of sp³-hybridized carbons (Fsp3) is 0.522. The second kappa shape index (κ2) is 6.46. The zero-order chi connectivity index (χ0) is 20.2. The van der Waals surface area contributed by atoms with Crippen molar-refractivity contribution >= 4 is 23.3 Å². The molecule has 146 valence electrons. The van der Waals surface area contributed by atoms with Crippen LogP contribution in [-0.2, 0) is 15.0 Å². The van der Waals surface area contributed by atoms with E-state index in [1.165, 1.54) is 0 Å². The highest BCUT2D eigenvalue weighted by Crippen LogP contribution is 2.51. The minimum atomic E-state index is -0.566. The van der Waals surface area contributed by atoms with Gasteiger partial charge >= 0.3 is 0 Å². The van der Waals surface area contributed by atoms with E-state index in [0.717, 1.165) is 31.2 Å². The molecular weight excluding hydrogens is 372 g/mol. The SMILES string of the molecule is CC1(C)C[C@@]2(C=C(C#N)C1=O)CCN(C(=O)C1(c3ccc(Cl)cc3)CCC1)C2. The molecule has 2 aliphatic carbocycles. The van der Waals surface area contributed by atoms with Gasteiger partial charge in [0.05, 0.1) is 11.0 Å². The van der Waals surface area contributed by atoms with Gasteiger partial charge in [0.15, 0.2) is 5.78 Å². The molecule has 0 radical (unpaired) electrons. The summed E-state index contributed by atoms with van der Waals surface area (Å²) in [6, 6.07) is 9.74. The van der Waals surface area contributed by atoms with Crippen LogP contribution in [0.1, 0.15) is 51.5 Å². The first-order chi connectivity index (χ1) is 13.2. The lowest BCUT2D eigenvalue weighted by atomic mass is 9.63. The number of amides is 1. The van der Waals surface area contributed by atoms with E-state index in [1.54, 1.807) is 0 Å². The number of ketones is 1. The van der Waals surface area contributed by atoms with Gasteiger partial charge in [-0.1, -0.05) is 50.1 Å². The Labute approximate surface area is 171 Å². The molecule has 4 nitrogen and oxygen atoms in total. The van der Waals surface area contributed by atoms with Gasteiger partial charge in [0.25, 0.3) is 0 Å². The van der Waals surface area contributed by atoms with Crippen molar-refractivity contribution in [3.63, 3.8) is 0 Å². The van der Waals surface area contributed by atoms with E-state index in [9.17, 15) is 14.9 Å². The molecule has 1 aliphatic heterocycles. The minimum absolute atomic E-state index is 0.0815. The fourth-order valence-electron chi connectivity index (χ4n) is 5.39. The van der Waals surface area contributed by atoms with Gasteiger partial charge in [0.2, 0.25) is 5.91 Å². The van der Waals surface area contributed by atoms with Crippen LogP contribution in [0.4, 0.5) is 0 Å². The maximum absolute atomic E-state index is 13.6. The van der Waals surface area contributed by atoms with Crippen LogP contribution >= 0.6 is 11.6 Å². The molecule has 0 unspecified atom stereocenters. The summed E-state index contributed by atoms with van der Waals surface area (Å²) in [7, 11) is 0. The van der Waals surface area contributed by atoms with Crippen molar-refractivity contribution in [2.45, 2.75) is 51.4 Å². The first-order valence-electron chi connectivity index (χ1n) is 9.95. The lowest BCUT2D eigenvalue weighted by molar-refractivity contribution is -0.140. The lowest BCUT2D eigenvalue weighted by Gasteiger charge is -2.44. The summed E-state index contributed by atoms with van der Waals surface area (Å²) in [5, 5.41) is 10.1. The van der Waals surface area contributed by atoms with Crippen LogP contribution < -0.4 is 0 Å². The van der Waals surface area contributed by atoms with E-state index in [4.69, 9.17) is 11.6 Å². The molecule has 1 aromatic rings. The van der Waals surface area contributed by atoms with Gasteiger partial charge in [-0.25, -0.2) is 0 Å². The van der Waals surface area contributed by atoms with Crippen molar-refractivity contribution in [3.05, 3.63) is 46.5 Å². The Bertz CT molecular complexity index is 906. The number of likely N-dealkylation sites (tertiary alicyclic amines) is 1. The lowest BCUT2D eigenvalue weighted by Crippen LogP contribution is -2.51. The molecule has 5 heteroatoms. The van der Waals surface area contributed by atoms with Crippen molar-refractivity contribution in [1.29, 1.82) is 5.26 Å². The molecule has 1 amide bonds. The third-order valence-corrected chi connectivity index (χ3v) is 7.16. The molecule has 1 saturated carbocycles. The number of carbonyl (C=O) groups excluding carboxylic acids is 2. The highest BCUT2D eigenvalue weighted by Gasteiger charge is 2.53. The van der Waals surface area contributed by atoms with Crippen LogP contribution in [0.15, 0.2) is 35.9 Å². The number of allylic oxidation sites excluding steroid dienone is 1. The number of nitriles is 1. The van der Waals surface area contributed by atoms with Crippen molar-refractivity contribution in [1.82, 2.24) is 4.90 Å². The summed E-state index contributed by atoms with van der Waals surface area (Å²) in [5.41, 5.74) is 0.00702. The second-order valence-electron chi connectivity index (χ2n) is 9.34. The molecule has 2 fully saturated rings. The molecule has 3 aliphatic rings. The van der Waals surface area contributed by atoms with E-state index in [2.05, 4.69) is 6.07 Å². The van der Waals surface area contributed by atoms with E-state index in [-0.39, 0.29) is 22.7 Å². The molecular formula is C23H25ClN2O2. The highest BCUT2D eigenvalue weighted by molar-refractivity contribution is 6.30. The number of hydrogen-bond donors (Lipinski definition) is 0. The number of benzene rings is 1. The maximum atomic E-state index is 13.6. The third-order valence-electron chi connectivity index (χ3n) is 6.91. The predicted octanol–water partition coefficient (Wildman–Crippen LogP) is 4.43. The quantitative estimate of drug-likeness (QED) is 0.742. The number of Topliss-reactive ketones (excluding diaryl/α,β-unsaturated/α-hetero) is 1. The normalized spacial score (nSPS) is 27.9. The van der Waals surface area contributed by atoms with Crippen LogP contribution in [0, 0.1) is 22.2 Å². The van der Waals surface area contributed by atoms with Crippen molar-refractivity contribution in [2.24, 2.45) is 10.8 Å². The first kappa shape index (κ1) is 19.2. The van der Waals surface area contributed by atoms with Crippen molar-refractivity contribution in [3.8, 4) is 6.07 Å². The average molecular weight is 397 g/mol. The Morgan fingerprint density at radius 1 is 1.18 bits per heavy atom. The Hall–Kier alpha value is -2.12. The standard InChI is InChI=1S/C23H25ClN2O2/c1-21(2)14-22(12-16(13-25)19(21)27)10-11-26(15-22)20(28)23(8-3-9-23)17-4-6-18(24)7-5-17/h4-7,12H,3,8-11,14-15H2,1-2H3/t22-/m0/s1. The number of carbonyl (C=O) groups is 2. The number of hydrogen-bond acceptors (Lipinski definition) is 3. The van der Waals surface area contributed by atoms with Gasteiger partial charge in [0, 0.05) is 28.9 Å². The van der Waals surface area contributed by atoms with Crippen LogP contribution in [-0.4, -0.2) is 29.7 Å². The summed E-state index contributed by atoms with van der Waals surface area (Å²) in [6.45, 7) is 5.08. The van der Waals surface area contributed by atoms with Crippen LogP contribution in [0.25, 0.3) is 0 Å². The van der Waals surface area contributed by atoms with Gasteiger partial charge < -0.3 is 4.90 Å². The number of rotatable bonds is 2. The Morgan fingerprint density at radius 2 is 1.86 bits per heavy atom. The Kier molecular flexibility index (Phi) is 4.43. The van der Waals surface area contributed by atoms with Gasteiger partial charge in [-0.3, -0.25) is 9.59 Å². The molecule has 0 N–H and O–H groups in total. The van der Waals surface area contributed by atoms with E-state index in [0.29, 0.717) is 24.5 Å². The van der Waals surface area contributed by atoms with Crippen molar-refractivity contribution < 1.29 is 9.59 Å². The van der Waals surface area contributed by atoms with Gasteiger partial charge in [0.1, 0.15) is 6.07 Å². The molecule has 1 atom stereocenters. The van der Waals surface area contributed by atoms with Gasteiger partial charge in [-0.05, 0) is 43.4 Å². The zero-order valence-corrected chi connectivity index (χ0v) is 17.2. The highest BCUT2D eigenvalue weighted by atomic mass is 35.5. The molecule has 0 bridgehead atoms. The van der Waals surface area contributed by atoms with E-state index in [1.807, 2.05) is 49.1 Å². The summed E-state index contributed by atoms with van der Waals surface area (Å²) in [4.78, 5) is 28.0. The second-order valence-corrected chi connectivity index (χ2v) is 9.78. The maximum Gasteiger partial charge on any atom is 0.233 e. The van der Waals surface area contributed by atoms with E-state index >= 15 is 0 Å². The first-order valence-corrected chi connectivity index (χ1v) is 10.3. The van der Waals surface area contributed by atoms with E-state index < -0.39 is 10.8 Å². The summed E-state index contributed by atoms with van der Waals surface area (Å²) in [5.74, 6) is 0.0987. The number of nitrogens with zero attached hydrogens (tertiary/aromatic N) is 2. The predicted molar refractivity (Wildman–Crippen MR) is 108 cm³/mol. The summed E-state index contributed by atoms with van der Waals surface area (Å²) >= 11 is 6.04. The average Bonchev–Trinajstić information content (AvgIpc) is 3.01. The molecule has 0 aromatic heterocycles. The zero-order valence-electron chi connectivity index (χ0n) is 16.4. The van der Waals surface area contributed by atoms with Gasteiger partial charge in [-0.15, -0.1) is 0 Å². The number of halogens is 1. The molecule has 1 aromatic carbocycles. The topological polar surface area (TPSA) is 61.2 Å². The monoisotopic (exact) mass is 396 g/mol. The molecule has 1 saturated heterocycles. The van der Waals surface area contributed by atoms with Crippen LogP contribution in [0.3, 0.4) is 0 Å². The fourth-order valence-corrected chi connectivity index (χ4v) is 5.52. The largest absolute Gasteiger partial charge is 0.341 e. The third kappa shape index (κ3) is 2.88. The Morgan fingerprint density at radius 3 is 2.43 bits per heavy atom. The van der Waals surface area contributed by atoms with Crippen LogP contribution in [0.5, 0.6) is 0 Å². The molecule has 1 spiro atoms. The van der Waals surface area contributed by atoms with Crippen LogP contribution in [0.2, 0.25) is 5.02 Å². The van der Waals surface area contributed by atoms with Gasteiger partial charge in [-0.2, -0.15) is 5.26 Å². The molecule has 4 rings (SSSR count). The smallest absolute Gasteiger partial charge is 0.233 e. The van der Waals surface area contributed by atoms with Crippen molar-refractivity contribution in [2.75, 3.05) is 13.1 Å². The minimum Gasteiger partial charge on any atom is -0.341 e. The molecule has 28 heavy (non-hydrogen) atoms.